The molecule has 154 valence electrons. The third-order valence-corrected chi connectivity index (χ3v) is 6.11. The van der Waals surface area contributed by atoms with Gasteiger partial charge in [-0.1, -0.05) is 54.2 Å². The Hall–Kier alpha value is -3.19. The molecule has 0 saturated carbocycles. The van der Waals surface area contributed by atoms with Gasteiger partial charge in [-0.05, 0) is 29.8 Å². The van der Waals surface area contributed by atoms with Crippen LogP contribution in [0.1, 0.15) is 18.9 Å². The summed E-state index contributed by atoms with van der Waals surface area (Å²) in [6.45, 7) is 1.98. The lowest BCUT2D eigenvalue weighted by Crippen LogP contribution is -2.36. The number of hydrazone groups is 1. The van der Waals surface area contributed by atoms with E-state index in [0.717, 1.165) is 21.4 Å². The van der Waals surface area contributed by atoms with Crippen LogP contribution in [-0.2, 0) is 4.79 Å². The van der Waals surface area contributed by atoms with Crippen molar-refractivity contribution in [2.45, 2.75) is 18.2 Å². The Labute approximate surface area is 179 Å². The van der Waals surface area contributed by atoms with E-state index in [4.69, 9.17) is 9.47 Å². The molecule has 1 heterocycles. The Balaban J connectivity index is 1.47. The number of nitrogens with zero attached hydrogens (tertiary/aromatic N) is 1. The van der Waals surface area contributed by atoms with Crippen molar-refractivity contribution in [2.24, 2.45) is 5.10 Å². The van der Waals surface area contributed by atoms with Crippen LogP contribution < -0.4 is 20.2 Å². The lowest BCUT2D eigenvalue weighted by molar-refractivity contribution is -0.116. The van der Waals surface area contributed by atoms with Gasteiger partial charge in [0.1, 0.15) is 21.4 Å². The van der Waals surface area contributed by atoms with E-state index in [1.165, 1.54) is 0 Å². The Kier molecular flexibility index (Phi) is 5.55. The molecule has 1 atom stereocenters. The third-order valence-electron chi connectivity index (χ3n) is 4.92. The zero-order chi connectivity index (χ0) is 21.1. The molecular weight excluding hydrogens is 398 g/mol. The molecule has 0 aliphatic carbocycles. The van der Waals surface area contributed by atoms with Gasteiger partial charge in [-0.3, -0.25) is 10.2 Å². The summed E-state index contributed by atoms with van der Waals surface area (Å²) in [6, 6.07) is 19.7. The first-order valence-corrected chi connectivity index (χ1v) is 10.4. The van der Waals surface area contributed by atoms with E-state index in [2.05, 4.69) is 40.1 Å². The summed E-state index contributed by atoms with van der Waals surface area (Å²) in [5.41, 5.74) is 4.81. The number of rotatable bonds is 6. The first-order chi connectivity index (χ1) is 14.5. The number of benzene rings is 3. The van der Waals surface area contributed by atoms with Gasteiger partial charge in [0.25, 0.3) is 0 Å². The lowest BCUT2D eigenvalue weighted by Gasteiger charge is -2.22. The molecule has 1 aliphatic rings. The number of methoxy groups -OCH3 is 2. The van der Waals surface area contributed by atoms with Gasteiger partial charge in [0.05, 0.1) is 26.3 Å². The number of hydrogen-bond acceptors (Lipinski definition) is 6. The average Bonchev–Trinajstić information content (AvgIpc) is 3.14. The van der Waals surface area contributed by atoms with Crippen LogP contribution in [0, 0.1) is 0 Å². The van der Waals surface area contributed by atoms with Crippen LogP contribution in [0.4, 0.5) is 5.69 Å². The van der Waals surface area contributed by atoms with Gasteiger partial charge in [-0.2, -0.15) is 5.10 Å². The van der Waals surface area contributed by atoms with Gasteiger partial charge < -0.3 is 14.8 Å². The molecule has 0 radical (unpaired) electrons. The van der Waals surface area contributed by atoms with Crippen molar-refractivity contribution in [3.8, 4) is 11.5 Å². The van der Waals surface area contributed by atoms with E-state index in [9.17, 15) is 4.79 Å². The first kappa shape index (κ1) is 20.1. The highest BCUT2D eigenvalue weighted by Gasteiger charge is 2.35. The van der Waals surface area contributed by atoms with Crippen molar-refractivity contribution in [3.05, 3.63) is 66.2 Å². The third kappa shape index (κ3) is 4.07. The summed E-state index contributed by atoms with van der Waals surface area (Å²) in [5, 5.41) is 10.6. The number of anilines is 1. The van der Waals surface area contributed by atoms with Gasteiger partial charge in [-0.25, -0.2) is 0 Å². The van der Waals surface area contributed by atoms with Crippen LogP contribution in [0.5, 0.6) is 11.5 Å². The molecule has 3 aromatic carbocycles. The molecule has 0 spiro atoms. The average molecular weight is 422 g/mol. The molecule has 3 aromatic rings. The number of thioether (sulfide) groups is 1. The van der Waals surface area contributed by atoms with Crippen molar-refractivity contribution in [1.82, 2.24) is 5.43 Å². The zero-order valence-corrected chi connectivity index (χ0v) is 17.9. The number of amides is 1. The number of carbonyl (C=O) groups is 1. The SMILES string of the molecule is COc1ccc(NC(=O)CC2(C)NN=C(c3cccc4ccccc34)S2)c(OC)c1. The summed E-state index contributed by atoms with van der Waals surface area (Å²) >= 11 is 1.56. The van der Waals surface area contributed by atoms with Crippen LogP contribution in [0.3, 0.4) is 0 Å². The highest BCUT2D eigenvalue weighted by molar-refractivity contribution is 8.15. The van der Waals surface area contributed by atoms with E-state index in [1.54, 1.807) is 44.2 Å². The summed E-state index contributed by atoms with van der Waals surface area (Å²) in [6.07, 6.45) is 0.241. The number of ether oxygens (including phenoxy) is 2. The van der Waals surface area contributed by atoms with Crippen LogP contribution in [-0.4, -0.2) is 30.0 Å². The second-order valence-corrected chi connectivity index (χ2v) is 8.67. The van der Waals surface area contributed by atoms with Gasteiger partial charge in [-0.15, -0.1) is 0 Å². The maximum atomic E-state index is 12.7. The second-order valence-electron chi connectivity index (χ2n) is 7.18. The van der Waals surface area contributed by atoms with Crippen LogP contribution in [0.15, 0.2) is 65.8 Å². The summed E-state index contributed by atoms with van der Waals surface area (Å²) in [4.78, 5) is 12.2. The molecule has 2 N–H and O–H groups in total. The van der Waals surface area contributed by atoms with Gasteiger partial charge in [0, 0.05) is 11.6 Å². The molecule has 1 unspecified atom stereocenters. The van der Waals surface area contributed by atoms with E-state index < -0.39 is 4.87 Å². The molecule has 4 rings (SSSR count). The topological polar surface area (TPSA) is 72.0 Å². The summed E-state index contributed by atoms with van der Waals surface area (Å²) in [7, 11) is 3.15. The van der Waals surface area contributed by atoms with Crippen LogP contribution >= 0.6 is 11.8 Å². The number of fused-ring (bicyclic) bond motifs is 1. The summed E-state index contributed by atoms with van der Waals surface area (Å²) < 4.78 is 10.6. The molecule has 1 aliphatic heterocycles. The molecule has 6 nitrogen and oxygen atoms in total. The molecule has 0 fully saturated rings. The van der Waals surface area contributed by atoms with E-state index in [0.29, 0.717) is 17.2 Å². The number of carbonyl (C=O) groups excluding carboxylic acids is 1. The van der Waals surface area contributed by atoms with Gasteiger partial charge in [0.15, 0.2) is 0 Å². The number of hydrogen-bond donors (Lipinski definition) is 2. The van der Waals surface area contributed by atoms with Crippen molar-refractivity contribution in [2.75, 3.05) is 19.5 Å². The Morgan fingerprint density at radius 3 is 2.70 bits per heavy atom. The highest BCUT2D eigenvalue weighted by atomic mass is 32.2. The van der Waals surface area contributed by atoms with Crippen molar-refractivity contribution < 1.29 is 14.3 Å². The molecule has 0 bridgehead atoms. The largest absolute Gasteiger partial charge is 0.497 e. The van der Waals surface area contributed by atoms with Crippen LogP contribution in [0.2, 0.25) is 0 Å². The quantitative estimate of drug-likeness (QED) is 0.609. The predicted octanol–water partition coefficient (Wildman–Crippen LogP) is 4.60. The molecule has 7 heteroatoms. The smallest absolute Gasteiger partial charge is 0.227 e. The van der Waals surface area contributed by atoms with Gasteiger partial charge in [0.2, 0.25) is 5.91 Å². The molecule has 0 saturated heterocycles. The maximum absolute atomic E-state index is 12.7. The van der Waals surface area contributed by atoms with E-state index >= 15 is 0 Å². The van der Waals surface area contributed by atoms with E-state index in [-0.39, 0.29) is 12.3 Å². The molecule has 1 amide bonds. The highest BCUT2D eigenvalue weighted by Crippen LogP contribution is 2.37. The standard InChI is InChI=1S/C23H23N3O3S/c1-23(14-21(27)24-19-12-11-16(28-2)13-20(19)29-3)26-25-22(30-23)18-10-6-8-15-7-4-5-9-17(15)18/h4-13,26H,14H2,1-3H3,(H,24,27). The molecule has 30 heavy (non-hydrogen) atoms. The minimum absolute atomic E-state index is 0.129. The second kappa shape index (κ2) is 8.28. The minimum atomic E-state index is -0.546. The van der Waals surface area contributed by atoms with Crippen molar-refractivity contribution >= 4 is 39.2 Å². The van der Waals surface area contributed by atoms with Crippen LogP contribution in [0.25, 0.3) is 10.8 Å². The lowest BCUT2D eigenvalue weighted by atomic mass is 10.1. The van der Waals surface area contributed by atoms with Gasteiger partial charge >= 0.3 is 0 Å². The fraction of sp³-hybridized carbons (Fsp3) is 0.217. The normalized spacial score (nSPS) is 17.9. The fourth-order valence-electron chi connectivity index (χ4n) is 3.43. The Morgan fingerprint density at radius 1 is 1.10 bits per heavy atom. The Morgan fingerprint density at radius 2 is 1.90 bits per heavy atom. The fourth-order valence-corrected chi connectivity index (χ4v) is 4.53. The predicted molar refractivity (Wildman–Crippen MR) is 122 cm³/mol. The minimum Gasteiger partial charge on any atom is -0.497 e. The van der Waals surface area contributed by atoms with Crippen molar-refractivity contribution in [1.29, 1.82) is 0 Å². The van der Waals surface area contributed by atoms with Crippen molar-refractivity contribution in [3.63, 3.8) is 0 Å². The summed E-state index contributed by atoms with van der Waals surface area (Å²) in [5.74, 6) is 1.08. The Bertz CT molecular complexity index is 1130. The maximum Gasteiger partial charge on any atom is 0.227 e. The monoisotopic (exact) mass is 421 g/mol. The molecule has 0 aromatic heterocycles. The molecular formula is C23H23N3O3S. The van der Waals surface area contributed by atoms with E-state index in [1.807, 2.05) is 25.1 Å². The first-order valence-electron chi connectivity index (χ1n) is 9.55. The number of nitrogens with one attached hydrogen (secondary N) is 2. The zero-order valence-electron chi connectivity index (χ0n) is 17.1.